The first-order valence-corrected chi connectivity index (χ1v) is 4.35. The lowest BCUT2D eigenvalue weighted by Gasteiger charge is -1.97. The third-order valence-corrected chi connectivity index (χ3v) is 2.00. The molecule has 13 heavy (non-hydrogen) atoms. The van der Waals surface area contributed by atoms with Crippen LogP contribution in [-0.2, 0) is 5.75 Å². The number of alkyl halides is 2. The highest BCUT2D eigenvalue weighted by Crippen LogP contribution is 2.22. The van der Waals surface area contributed by atoms with E-state index in [0.29, 0.717) is 11.8 Å². The molecular formula is C7H6F2O3S. The Hall–Kier alpha value is -1.04. The lowest BCUT2D eigenvalue weighted by molar-refractivity contribution is 0.0695. The molecule has 1 aromatic heterocycles. The van der Waals surface area contributed by atoms with E-state index < -0.39 is 11.7 Å². The number of carbonyl (C=O) groups is 1. The monoisotopic (exact) mass is 208 g/mol. The maximum Gasteiger partial charge on any atom is 0.339 e. The van der Waals surface area contributed by atoms with Crippen LogP contribution in [0.4, 0.5) is 8.78 Å². The molecule has 1 aromatic rings. The minimum Gasteiger partial charge on any atom is -0.478 e. The van der Waals surface area contributed by atoms with Crippen molar-refractivity contribution in [2.75, 3.05) is 0 Å². The van der Waals surface area contributed by atoms with Gasteiger partial charge in [0.15, 0.2) is 0 Å². The molecule has 0 spiro atoms. The molecule has 0 aromatic carbocycles. The van der Waals surface area contributed by atoms with Crippen LogP contribution in [0, 0.1) is 0 Å². The second kappa shape index (κ2) is 4.27. The third-order valence-electron chi connectivity index (χ3n) is 1.32. The van der Waals surface area contributed by atoms with E-state index >= 15 is 0 Å². The molecule has 0 saturated carbocycles. The predicted octanol–water partition coefficient (Wildman–Crippen LogP) is 2.43. The number of carboxylic acids is 1. The van der Waals surface area contributed by atoms with Gasteiger partial charge in [0.25, 0.3) is 5.76 Å². The zero-order chi connectivity index (χ0) is 9.84. The van der Waals surface area contributed by atoms with Crippen molar-refractivity contribution in [2.24, 2.45) is 0 Å². The van der Waals surface area contributed by atoms with Gasteiger partial charge in [-0.25, -0.2) is 4.79 Å². The molecular weight excluding hydrogens is 202 g/mol. The Morgan fingerprint density at radius 2 is 2.38 bits per heavy atom. The first-order chi connectivity index (χ1) is 6.11. The van der Waals surface area contributed by atoms with Crippen LogP contribution in [0.5, 0.6) is 0 Å². The molecule has 72 valence electrons. The van der Waals surface area contributed by atoms with Crippen molar-refractivity contribution in [1.29, 1.82) is 0 Å². The van der Waals surface area contributed by atoms with E-state index in [2.05, 4.69) is 0 Å². The summed E-state index contributed by atoms with van der Waals surface area (Å²) in [7, 11) is 0. The fraction of sp³-hybridized carbons (Fsp3) is 0.286. The van der Waals surface area contributed by atoms with Crippen molar-refractivity contribution in [3.8, 4) is 0 Å². The molecule has 0 saturated heterocycles. The molecule has 1 rings (SSSR count). The van der Waals surface area contributed by atoms with Gasteiger partial charge in [-0.3, -0.25) is 0 Å². The van der Waals surface area contributed by atoms with E-state index in [4.69, 9.17) is 9.52 Å². The van der Waals surface area contributed by atoms with Gasteiger partial charge in [-0.05, 0) is 6.07 Å². The number of aromatic carboxylic acids is 1. The van der Waals surface area contributed by atoms with E-state index in [1.807, 2.05) is 0 Å². The number of halogens is 2. The fourth-order valence-electron chi connectivity index (χ4n) is 0.782. The average Bonchev–Trinajstić information content (AvgIpc) is 2.47. The van der Waals surface area contributed by atoms with Gasteiger partial charge in [0.2, 0.25) is 0 Å². The summed E-state index contributed by atoms with van der Waals surface area (Å²) in [5.74, 6) is -3.75. The summed E-state index contributed by atoms with van der Waals surface area (Å²) in [5, 5.41) is 8.56. The minimum atomic E-state index is -2.52. The maximum atomic E-state index is 11.7. The minimum absolute atomic E-state index is 0.0619. The zero-order valence-electron chi connectivity index (χ0n) is 6.37. The second-order valence-electron chi connectivity index (χ2n) is 2.13. The molecule has 0 fully saturated rings. The Balaban J connectivity index is 2.65. The van der Waals surface area contributed by atoms with Gasteiger partial charge in [0.05, 0.1) is 12.0 Å². The van der Waals surface area contributed by atoms with Gasteiger partial charge in [-0.1, -0.05) is 11.8 Å². The molecule has 0 atom stereocenters. The van der Waals surface area contributed by atoms with Crippen LogP contribution < -0.4 is 0 Å². The lowest BCUT2D eigenvalue weighted by atomic mass is 10.3. The lowest BCUT2D eigenvalue weighted by Crippen LogP contribution is -1.98. The van der Waals surface area contributed by atoms with Crippen LogP contribution in [0.3, 0.4) is 0 Å². The maximum absolute atomic E-state index is 11.7. The quantitative estimate of drug-likeness (QED) is 0.825. The summed E-state index contributed by atoms with van der Waals surface area (Å²) in [6.45, 7) is 0. The molecule has 0 aliphatic rings. The molecule has 0 aliphatic carbocycles. The normalized spacial score (nSPS) is 10.7. The van der Waals surface area contributed by atoms with Crippen molar-refractivity contribution in [1.82, 2.24) is 0 Å². The van der Waals surface area contributed by atoms with Crippen LogP contribution >= 0.6 is 11.8 Å². The molecule has 1 N–H and O–H groups in total. The number of carboxylic acid groups (broad SMARTS) is 1. The van der Waals surface area contributed by atoms with Crippen LogP contribution in [0.1, 0.15) is 16.1 Å². The Bertz CT molecular complexity index is 298. The Morgan fingerprint density at radius 1 is 1.69 bits per heavy atom. The van der Waals surface area contributed by atoms with E-state index in [9.17, 15) is 13.6 Å². The molecule has 1 heterocycles. The summed E-state index contributed by atoms with van der Waals surface area (Å²) < 4.78 is 28.2. The topological polar surface area (TPSA) is 50.4 Å². The van der Waals surface area contributed by atoms with Gasteiger partial charge in [-0.15, -0.1) is 0 Å². The van der Waals surface area contributed by atoms with Gasteiger partial charge in [0, 0.05) is 0 Å². The van der Waals surface area contributed by atoms with Crippen molar-refractivity contribution in [3.05, 3.63) is 23.7 Å². The predicted molar refractivity (Wildman–Crippen MR) is 43.0 cm³/mol. The summed E-state index contributed by atoms with van der Waals surface area (Å²) in [6.07, 6.45) is 1.17. The van der Waals surface area contributed by atoms with Crippen LogP contribution in [0.15, 0.2) is 16.7 Å². The van der Waals surface area contributed by atoms with Crippen LogP contribution in [0.25, 0.3) is 0 Å². The largest absolute Gasteiger partial charge is 0.478 e. The highest BCUT2D eigenvalue weighted by Gasteiger charge is 2.14. The SMILES string of the molecule is O=C(O)c1ccoc1CSC(F)F. The van der Waals surface area contributed by atoms with E-state index in [1.165, 1.54) is 12.3 Å². The molecule has 0 unspecified atom stereocenters. The summed E-state index contributed by atoms with van der Waals surface area (Å²) in [4.78, 5) is 10.5. The molecule has 6 heteroatoms. The van der Waals surface area contributed by atoms with E-state index in [0.717, 1.165) is 0 Å². The van der Waals surface area contributed by atoms with Crippen molar-refractivity contribution < 1.29 is 23.1 Å². The summed E-state index contributed by atoms with van der Waals surface area (Å²) in [6, 6.07) is 1.24. The average molecular weight is 208 g/mol. The summed E-state index contributed by atoms with van der Waals surface area (Å²) >= 11 is 0.330. The number of hydrogen-bond acceptors (Lipinski definition) is 3. The van der Waals surface area contributed by atoms with Gasteiger partial charge < -0.3 is 9.52 Å². The van der Waals surface area contributed by atoms with Crippen molar-refractivity contribution in [2.45, 2.75) is 11.5 Å². The first-order valence-electron chi connectivity index (χ1n) is 3.30. The second-order valence-corrected chi connectivity index (χ2v) is 3.11. The third kappa shape index (κ3) is 2.73. The summed E-state index contributed by atoms with van der Waals surface area (Å²) in [5.41, 5.74) is -0.0619. The Kier molecular flexibility index (Phi) is 3.30. The number of hydrogen-bond donors (Lipinski definition) is 1. The molecule has 3 nitrogen and oxygen atoms in total. The highest BCUT2D eigenvalue weighted by atomic mass is 32.2. The van der Waals surface area contributed by atoms with Crippen molar-refractivity contribution in [3.63, 3.8) is 0 Å². The zero-order valence-corrected chi connectivity index (χ0v) is 7.18. The standard InChI is InChI=1S/C7H6F2O3S/c8-7(9)13-3-5-4(6(10)11)1-2-12-5/h1-2,7H,3H2,(H,10,11). The van der Waals surface area contributed by atoms with Gasteiger partial charge in [-0.2, -0.15) is 8.78 Å². The van der Waals surface area contributed by atoms with Crippen LogP contribution in [0.2, 0.25) is 0 Å². The van der Waals surface area contributed by atoms with Gasteiger partial charge >= 0.3 is 5.97 Å². The van der Waals surface area contributed by atoms with E-state index in [-0.39, 0.29) is 17.1 Å². The van der Waals surface area contributed by atoms with Crippen molar-refractivity contribution >= 4 is 17.7 Å². The number of furan rings is 1. The molecule has 0 bridgehead atoms. The molecule has 0 radical (unpaired) electrons. The first kappa shape index (κ1) is 10.0. The highest BCUT2D eigenvalue weighted by molar-refractivity contribution is 7.98. The van der Waals surface area contributed by atoms with Crippen LogP contribution in [-0.4, -0.2) is 16.8 Å². The number of thioether (sulfide) groups is 1. The fourth-order valence-corrected chi connectivity index (χ4v) is 1.28. The smallest absolute Gasteiger partial charge is 0.339 e. The van der Waals surface area contributed by atoms with Gasteiger partial charge in [0.1, 0.15) is 11.3 Å². The molecule has 0 amide bonds. The van der Waals surface area contributed by atoms with E-state index in [1.54, 1.807) is 0 Å². The Morgan fingerprint density at radius 3 is 2.92 bits per heavy atom. The molecule has 0 aliphatic heterocycles. The Labute approximate surface area is 76.7 Å². The number of rotatable bonds is 4.